The number of phenols is 3. The van der Waals surface area contributed by atoms with Crippen molar-refractivity contribution in [2.75, 3.05) is 0 Å². The Kier molecular flexibility index (Phi) is 4.39. The fraction of sp³-hybridized carbons (Fsp3) is 0.0833. The molecule has 0 aromatic heterocycles. The van der Waals surface area contributed by atoms with Crippen LogP contribution in [0.5, 0.6) is 17.2 Å². The molecule has 0 aliphatic carbocycles. The maximum atomic E-state index is 13.6. The third-order valence-electron chi connectivity index (χ3n) is 5.65. The van der Waals surface area contributed by atoms with E-state index in [1.165, 1.54) is 16.4 Å². The summed E-state index contributed by atoms with van der Waals surface area (Å²) in [6.07, 6.45) is 0. The predicted molar refractivity (Wildman–Crippen MR) is 116 cm³/mol. The number of hydrogen-bond acceptors (Lipinski definition) is 5. The molecular weight excluding hydrogens is 414 g/mol. The summed E-state index contributed by atoms with van der Waals surface area (Å²) >= 11 is 0. The van der Waals surface area contributed by atoms with Crippen molar-refractivity contribution in [2.45, 2.75) is 17.5 Å². The van der Waals surface area contributed by atoms with Crippen LogP contribution in [-0.2, 0) is 16.6 Å². The number of sulfonamides is 1. The molecule has 7 heteroatoms. The Bertz CT molecular complexity index is 1430. The second-order valence-electron chi connectivity index (χ2n) is 7.59. The van der Waals surface area contributed by atoms with Gasteiger partial charge in [0.05, 0.1) is 6.04 Å². The molecule has 31 heavy (non-hydrogen) atoms. The van der Waals surface area contributed by atoms with Crippen molar-refractivity contribution in [3.63, 3.8) is 0 Å². The molecule has 0 bridgehead atoms. The van der Waals surface area contributed by atoms with Crippen molar-refractivity contribution in [1.29, 1.82) is 0 Å². The molecule has 5 rings (SSSR count). The third-order valence-corrected chi connectivity index (χ3v) is 7.51. The second kappa shape index (κ2) is 7.01. The Morgan fingerprint density at radius 1 is 0.774 bits per heavy atom. The minimum Gasteiger partial charge on any atom is -0.508 e. The number of fused-ring (bicyclic) bond motifs is 2. The highest BCUT2D eigenvalue weighted by Gasteiger charge is 2.41. The van der Waals surface area contributed by atoms with Gasteiger partial charge in [0.25, 0.3) is 0 Å². The van der Waals surface area contributed by atoms with E-state index in [0.29, 0.717) is 5.56 Å². The van der Waals surface area contributed by atoms with Crippen LogP contribution in [0.25, 0.3) is 10.8 Å². The number of nitrogens with zero attached hydrogens (tertiary/aromatic N) is 1. The van der Waals surface area contributed by atoms with E-state index in [2.05, 4.69) is 0 Å². The van der Waals surface area contributed by atoms with E-state index < -0.39 is 21.8 Å². The number of phenolic OH excluding ortho intramolecular Hbond substituents is 3. The van der Waals surface area contributed by atoms with E-state index in [1.807, 2.05) is 42.5 Å². The third kappa shape index (κ3) is 3.19. The molecule has 0 amide bonds. The first-order valence-electron chi connectivity index (χ1n) is 9.69. The van der Waals surface area contributed by atoms with Crippen LogP contribution in [0.2, 0.25) is 0 Å². The Hall–Kier alpha value is -3.55. The van der Waals surface area contributed by atoms with E-state index in [4.69, 9.17) is 0 Å². The zero-order valence-electron chi connectivity index (χ0n) is 16.3. The SMILES string of the molecule is O=S(=O)(c1ccc(O)cc1O)N1Cc2cc(O)ccc2C1c1ccc2ccccc2c1. The fourth-order valence-corrected chi connectivity index (χ4v) is 5.85. The molecule has 1 heterocycles. The Morgan fingerprint density at radius 3 is 2.26 bits per heavy atom. The van der Waals surface area contributed by atoms with Crippen molar-refractivity contribution < 1.29 is 23.7 Å². The standard InChI is InChI=1S/C24H19NO5S/c26-19-7-9-21-18(12-19)14-25(31(29,30)23-10-8-20(27)13-22(23)28)24(21)17-6-5-15-3-1-2-4-16(15)11-17/h1-13,24,26-28H,14H2. The Morgan fingerprint density at radius 2 is 1.48 bits per heavy atom. The first-order valence-corrected chi connectivity index (χ1v) is 11.1. The molecule has 1 aliphatic rings. The smallest absolute Gasteiger partial charge is 0.247 e. The molecule has 0 fully saturated rings. The van der Waals surface area contributed by atoms with Crippen molar-refractivity contribution in [1.82, 2.24) is 4.31 Å². The van der Waals surface area contributed by atoms with Crippen LogP contribution in [-0.4, -0.2) is 28.0 Å². The lowest BCUT2D eigenvalue weighted by Crippen LogP contribution is -2.30. The largest absolute Gasteiger partial charge is 0.508 e. The van der Waals surface area contributed by atoms with Gasteiger partial charge in [0, 0.05) is 12.6 Å². The van der Waals surface area contributed by atoms with Crippen LogP contribution in [0.3, 0.4) is 0 Å². The monoisotopic (exact) mass is 433 g/mol. The highest BCUT2D eigenvalue weighted by Crippen LogP contribution is 2.44. The highest BCUT2D eigenvalue weighted by atomic mass is 32.2. The van der Waals surface area contributed by atoms with Gasteiger partial charge in [-0.25, -0.2) is 8.42 Å². The minimum absolute atomic E-state index is 0.0455. The zero-order valence-corrected chi connectivity index (χ0v) is 17.1. The van der Waals surface area contributed by atoms with Crippen molar-refractivity contribution in [3.8, 4) is 17.2 Å². The summed E-state index contributed by atoms with van der Waals surface area (Å²) in [6, 6.07) is 21.3. The lowest BCUT2D eigenvalue weighted by atomic mass is 9.96. The summed E-state index contributed by atoms with van der Waals surface area (Å²) in [7, 11) is -4.13. The van der Waals surface area contributed by atoms with Crippen molar-refractivity contribution >= 4 is 20.8 Å². The van der Waals surface area contributed by atoms with E-state index in [1.54, 1.807) is 18.2 Å². The van der Waals surface area contributed by atoms with Gasteiger partial charge in [-0.15, -0.1) is 0 Å². The lowest BCUT2D eigenvalue weighted by Gasteiger charge is -2.26. The van der Waals surface area contributed by atoms with Gasteiger partial charge in [0.1, 0.15) is 22.1 Å². The second-order valence-corrected chi connectivity index (χ2v) is 9.45. The van der Waals surface area contributed by atoms with Crippen LogP contribution in [0.15, 0.2) is 83.8 Å². The van der Waals surface area contributed by atoms with Gasteiger partial charge in [0.15, 0.2) is 0 Å². The molecule has 0 spiro atoms. The summed E-state index contributed by atoms with van der Waals surface area (Å²) in [6.45, 7) is 0.0455. The number of aromatic hydroxyl groups is 3. The normalized spacial score (nSPS) is 16.5. The zero-order chi connectivity index (χ0) is 21.8. The molecule has 1 unspecified atom stereocenters. The average Bonchev–Trinajstić information content (AvgIpc) is 3.12. The molecule has 6 nitrogen and oxygen atoms in total. The molecular formula is C24H19NO5S. The van der Waals surface area contributed by atoms with Gasteiger partial charge in [0.2, 0.25) is 10.0 Å². The fourth-order valence-electron chi connectivity index (χ4n) is 4.21. The van der Waals surface area contributed by atoms with E-state index >= 15 is 0 Å². The summed E-state index contributed by atoms with van der Waals surface area (Å²) in [4.78, 5) is -0.284. The number of rotatable bonds is 3. The first kappa shape index (κ1) is 19.4. The van der Waals surface area contributed by atoms with Gasteiger partial charge in [-0.2, -0.15) is 4.31 Å². The van der Waals surface area contributed by atoms with Crippen LogP contribution in [0.1, 0.15) is 22.7 Å². The quantitative estimate of drug-likeness (QED) is 0.449. The first-order chi connectivity index (χ1) is 14.8. The molecule has 3 N–H and O–H groups in total. The van der Waals surface area contributed by atoms with Crippen molar-refractivity contribution in [3.05, 3.63) is 95.6 Å². The Balaban J connectivity index is 1.70. The van der Waals surface area contributed by atoms with E-state index in [-0.39, 0.29) is 22.9 Å². The molecule has 4 aromatic carbocycles. The topological polar surface area (TPSA) is 98.1 Å². The van der Waals surface area contributed by atoms with E-state index in [9.17, 15) is 23.7 Å². The lowest BCUT2D eigenvalue weighted by molar-refractivity contribution is 0.381. The van der Waals surface area contributed by atoms with Crippen LogP contribution in [0, 0.1) is 0 Å². The van der Waals surface area contributed by atoms with Crippen LogP contribution >= 0.6 is 0 Å². The molecule has 156 valence electrons. The molecule has 0 radical (unpaired) electrons. The molecule has 0 saturated carbocycles. The minimum atomic E-state index is -4.13. The highest BCUT2D eigenvalue weighted by molar-refractivity contribution is 7.89. The van der Waals surface area contributed by atoms with Crippen molar-refractivity contribution in [2.24, 2.45) is 0 Å². The Labute approximate surface area is 179 Å². The summed E-state index contributed by atoms with van der Waals surface area (Å²) in [5, 5.41) is 31.8. The summed E-state index contributed by atoms with van der Waals surface area (Å²) in [5.41, 5.74) is 2.25. The maximum absolute atomic E-state index is 13.6. The molecule has 4 aromatic rings. The molecule has 1 aliphatic heterocycles. The maximum Gasteiger partial charge on any atom is 0.247 e. The van der Waals surface area contributed by atoms with Crippen LogP contribution in [0.4, 0.5) is 0 Å². The number of hydrogen-bond donors (Lipinski definition) is 3. The van der Waals surface area contributed by atoms with Gasteiger partial charge in [-0.1, -0.05) is 42.5 Å². The van der Waals surface area contributed by atoms with Crippen LogP contribution < -0.4 is 0 Å². The summed E-state index contributed by atoms with van der Waals surface area (Å²) < 4.78 is 28.5. The van der Waals surface area contributed by atoms with E-state index in [0.717, 1.165) is 28.0 Å². The van der Waals surface area contributed by atoms with Gasteiger partial charge >= 0.3 is 0 Å². The van der Waals surface area contributed by atoms with Gasteiger partial charge in [-0.05, 0) is 57.8 Å². The average molecular weight is 433 g/mol. The molecule has 0 saturated heterocycles. The van der Waals surface area contributed by atoms with Gasteiger partial charge < -0.3 is 15.3 Å². The van der Waals surface area contributed by atoms with Gasteiger partial charge in [-0.3, -0.25) is 0 Å². The molecule has 1 atom stereocenters. The number of benzene rings is 4. The predicted octanol–water partition coefficient (Wildman–Crippen LogP) is 4.25. The summed E-state index contributed by atoms with van der Waals surface area (Å²) in [5.74, 6) is -0.684.